The Balaban J connectivity index is 2.25. The number of rotatable bonds is 7. The molecule has 0 radical (unpaired) electrons. The molecule has 0 bridgehead atoms. The van der Waals surface area contributed by atoms with Gasteiger partial charge in [0.25, 0.3) is 16.0 Å². The Morgan fingerprint density at radius 3 is 2.38 bits per heavy atom. The summed E-state index contributed by atoms with van der Waals surface area (Å²) in [5.74, 6) is -0.278. The molecule has 1 amide bonds. The van der Waals surface area contributed by atoms with Crippen molar-refractivity contribution >= 4 is 16.0 Å². The minimum atomic E-state index is -3.69. The molecule has 1 atom stereocenters. The van der Waals surface area contributed by atoms with E-state index in [1.807, 2.05) is 0 Å². The average Bonchev–Trinajstić information content (AvgIpc) is 2.60. The smallest absolute Gasteiger partial charge is 0.264 e. The first-order valence-corrected chi connectivity index (χ1v) is 9.60. The predicted molar refractivity (Wildman–Crippen MR) is 95.1 cm³/mol. The van der Waals surface area contributed by atoms with Crippen molar-refractivity contribution in [3.63, 3.8) is 0 Å². The van der Waals surface area contributed by atoms with Crippen molar-refractivity contribution in [1.82, 2.24) is 5.32 Å². The Morgan fingerprint density at radius 2 is 1.85 bits per heavy atom. The van der Waals surface area contributed by atoms with Crippen molar-refractivity contribution in [2.24, 2.45) is 0 Å². The highest BCUT2D eigenvalue weighted by molar-refractivity contribution is 7.85. The Morgan fingerprint density at radius 1 is 1.19 bits per heavy atom. The fourth-order valence-electron chi connectivity index (χ4n) is 2.19. The molecule has 2 rings (SSSR count). The zero-order valence-electron chi connectivity index (χ0n) is 14.7. The van der Waals surface area contributed by atoms with Crippen LogP contribution in [-0.4, -0.2) is 34.2 Å². The lowest BCUT2D eigenvalue weighted by atomic mass is 10.1. The Labute approximate surface area is 152 Å². The molecule has 0 saturated carbocycles. The molecule has 0 aliphatic rings. The molecule has 0 spiro atoms. The van der Waals surface area contributed by atoms with Gasteiger partial charge in [0, 0.05) is 12.6 Å². The number of carbonyl (C=O) groups excluding carboxylic acids is 1. The molecule has 140 valence electrons. The number of nitrogens with one attached hydrogen (secondary N) is 1. The third kappa shape index (κ3) is 5.53. The standard InChI is InChI=1S/C18H20FNO5S/c1-12-4-5-14(10-16(12)19)17(11-24-26(3,22)23)25-15-8-6-13(7-9-15)18(21)20-2/h4-10,17H,11H2,1-3H3,(H,20,21)/t17-/m1/s1. The number of halogens is 1. The summed E-state index contributed by atoms with van der Waals surface area (Å²) in [5.41, 5.74) is 1.35. The summed E-state index contributed by atoms with van der Waals surface area (Å²) in [7, 11) is -2.16. The first-order valence-electron chi connectivity index (χ1n) is 7.79. The fourth-order valence-corrected chi connectivity index (χ4v) is 2.56. The number of ether oxygens (including phenoxy) is 1. The number of hydrogen-bond acceptors (Lipinski definition) is 5. The largest absolute Gasteiger partial charge is 0.483 e. The quantitative estimate of drug-likeness (QED) is 0.746. The second-order valence-corrected chi connectivity index (χ2v) is 7.35. The van der Waals surface area contributed by atoms with E-state index >= 15 is 0 Å². The monoisotopic (exact) mass is 381 g/mol. The van der Waals surface area contributed by atoms with Gasteiger partial charge in [-0.3, -0.25) is 8.98 Å². The third-order valence-electron chi connectivity index (χ3n) is 3.62. The van der Waals surface area contributed by atoms with E-state index < -0.39 is 22.0 Å². The maximum Gasteiger partial charge on any atom is 0.264 e. The van der Waals surface area contributed by atoms with Crippen LogP contribution in [0.3, 0.4) is 0 Å². The molecule has 0 heterocycles. The van der Waals surface area contributed by atoms with Gasteiger partial charge in [-0.05, 0) is 48.4 Å². The second-order valence-electron chi connectivity index (χ2n) is 5.71. The molecule has 8 heteroatoms. The zero-order valence-corrected chi connectivity index (χ0v) is 15.5. The summed E-state index contributed by atoms with van der Waals surface area (Å²) in [6, 6.07) is 10.8. The number of amides is 1. The lowest BCUT2D eigenvalue weighted by molar-refractivity contribution is 0.0962. The van der Waals surface area contributed by atoms with Crippen molar-refractivity contribution in [2.45, 2.75) is 13.0 Å². The van der Waals surface area contributed by atoms with E-state index in [1.165, 1.54) is 13.1 Å². The molecule has 0 fully saturated rings. The van der Waals surface area contributed by atoms with Gasteiger partial charge in [0.2, 0.25) is 0 Å². The van der Waals surface area contributed by atoms with Crippen molar-refractivity contribution in [1.29, 1.82) is 0 Å². The molecule has 2 aromatic rings. The minimum absolute atomic E-state index is 0.242. The third-order valence-corrected chi connectivity index (χ3v) is 4.19. The van der Waals surface area contributed by atoms with Gasteiger partial charge in [-0.15, -0.1) is 0 Å². The molecular formula is C18H20FNO5S. The van der Waals surface area contributed by atoms with E-state index in [4.69, 9.17) is 8.92 Å². The molecule has 2 aromatic carbocycles. The first kappa shape index (κ1) is 19.9. The van der Waals surface area contributed by atoms with E-state index in [0.29, 0.717) is 22.4 Å². The van der Waals surface area contributed by atoms with Gasteiger partial charge in [-0.1, -0.05) is 12.1 Å². The number of aryl methyl sites for hydroxylation is 1. The lowest BCUT2D eigenvalue weighted by Gasteiger charge is -2.19. The van der Waals surface area contributed by atoms with Crippen LogP contribution in [-0.2, 0) is 14.3 Å². The highest BCUT2D eigenvalue weighted by atomic mass is 32.2. The maximum atomic E-state index is 13.9. The first-order chi connectivity index (χ1) is 12.2. The molecular weight excluding hydrogens is 361 g/mol. The van der Waals surface area contributed by atoms with Crippen molar-refractivity contribution in [3.05, 3.63) is 65.0 Å². The van der Waals surface area contributed by atoms with Crippen molar-refractivity contribution in [3.8, 4) is 5.75 Å². The van der Waals surface area contributed by atoms with Crippen molar-refractivity contribution < 1.29 is 26.5 Å². The molecule has 0 aromatic heterocycles. The SMILES string of the molecule is CNC(=O)c1ccc(O[C@H](COS(C)(=O)=O)c2ccc(C)c(F)c2)cc1. The topological polar surface area (TPSA) is 81.7 Å². The summed E-state index contributed by atoms with van der Waals surface area (Å²) in [5, 5.41) is 2.51. The van der Waals surface area contributed by atoms with Crippen LogP contribution in [0, 0.1) is 12.7 Å². The lowest BCUT2D eigenvalue weighted by Crippen LogP contribution is -2.19. The highest BCUT2D eigenvalue weighted by Crippen LogP contribution is 2.25. The van der Waals surface area contributed by atoms with Crippen LogP contribution in [0.2, 0.25) is 0 Å². The number of hydrogen-bond donors (Lipinski definition) is 1. The van der Waals surface area contributed by atoms with Crippen molar-refractivity contribution in [2.75, 3.05) is 19.9 Å². The van der Waals surface area contributed by atoms with E-state index in [-0.39, 0.29) is 12.5 Å². The normalized spacial score (nSPS) is 12.5. The van der Waals surface area contributed by atoms with Gasteiger partial charge >= 0.3 is 0 Å². The Kier molecular flexibility index (Phi) is 6.33. The van der Waals surface area contributed by atoms with E-state index in [2.05, 4.69) is 5.32 Å². The van der Waals surface area contributed by atoms with Crippen LogP contribution in [0.25, 0.3) is 0 Å². The fraction of sp³-hybridized carbons (Fsp3) is 0.278. The highest BCUT2D eigenvalue weighted by Gasteiger charge is 2.18. The van der Waals surface area contributed by atoms with E-state index in [0.717, 1.165) is 6.26 Å². The Bertz CT molecular complexity index is 881. The van der Waals surface area contributed by atoms with E-state index in [1.54, 1.807) is 43.3 Å². The van der Waals surface area contributed by atoms with Crippen LogP contribution in [0.15, 0.2) is 42.5 Å². The summed E-state index contributed by atoms with van der Waals surface area (Å²) in [6.45, 7) is 1.32. The number of benzene rings is 2. The van der Waals surface area contributed by atoms with Gasteiger partial charge in [-0.2, -0.15) is 8.42 Å². The van der Waals surface area contributed by atoms with Crippen LogP contribution < -0.4 is 10.1 Å². The molecule has 0 aliphatic heterocycles. The van der Waals surface area contributed by atoms with Crippen LogP contribution in [0.5, 0.6) is 5.75 Å². The second kappa shape index (κ2) is 8.29. The Hall–Kier alpha value is -2.45. The minimum Gasteiger partial charge on any atom is -0.483 e. The summed E-state index contributed by atoms with van der Waals surface area (Å²) < 4.78 is 47.1. The molecule has 6 nitrogen and oxygen atoms in total. The van der Waals surface area contributed by atoms with Crippen LogP contribution >= 0.6 is 0 Å². The van der Waals surface area contributed by atoms with Gasteiger partial charge < -0.3 is 10.1 Å². The zero-order chi connectivity index (χ0) is 19.3. The van der Waals surface area contributed by atoms with Gasteiger partial charge in [0.05, 0.1) is 6.26 Å². The summed E-state index contributed by atoms with van der Waals surface area (Å²) >= 11 is 0. The van der Waals surface area contributed by atoms with Gasteiger partial charge in [-0.25, -0.2) is 4.39 Å². The maximum absolute atomic E-state index is 13.9. The van der Waals surface area contributed by atoms with Gasteiger partial charge in [0.15, 0.2) is 0 Å². The molecule has 0 unspecified atom stereocenters. The molecule has 1 N–H and O–H groups in total. The van der Waals surface area contributed by atoms with E-state index in [9.17, 15) is 17.6 Å². The molecule has 0 aliphatic carbocycles. The van der Waals surface area contributed by atoms with Crippen LogP contribution in [0.1, 0.15) is 27.6 Å². The van der Waals surface area contributed by atoms with Crippen LogP contribution in [0.4, 0.5) is 4.39 Å². The average molecular weight is 381 g/mol. The molecule has 0 saturated heterocycles. The number of carbonyl (C=O) groups is 1. The predicted octanol–water partition coefficient (Wildman–Crippen LogP) is 2.59. The molecule has 26 heavy (non-hydrogen) atoms. The summed E-state index contributed by atoms with van der Waals surface area (Å²) in [6.07, 6.45) is 0.0865. The van der Waals surface area contributed by atoms with Gasteiger partial charge in [0.1, 0.15) is 24.3 Å². The summed E-state index contributed by atoms with van der Waals surface area (Å²) in [4.78, 5) is 11.6.